The summed E-state index contributed by atoms with van der Waals surface area (Å²) in [6.45, 7) is 4.35. The summed E-state index contributed by atoms with van der Waals surface area (Å²) < 4.78 is 5.59. The van der Waals surface area contributed by atoms with E-state index in [1.165, 1.54) is 19.3 Å². The fourth-order valence-corrected chi connectivity index (χ4v) is 2.57. The predicted octanol–water partition coefficient (Wildman–Crippen LogP) is 1.58. The van der Waals surface area contributed by atoms with Gasteiger partial charge in [-0.15, -0.1) is 12.4 Å². The SMILES string of the molecule is Cl.O=C(CC1CNCCO1)N1CCCCCCC1. The molecular weight excluding hydrogens is 252 g/mol. The molecule has 5 heteroatoms. The molecule has 0 aliphatic carbocycles. The van der Waals surface area contributed by atoms with E-state index in [0.29, 0.717) is 6.42 Å². The first-order valence-electron chi connectivity index (χ1n) is 6.96. The van der Waals surface area contributed by atoms with Crippen molar-refractivity contribution < 1.29 is 9.53 Å². The first-order valence-corrected chi connectivity index (χ1v) is 6.96. The van der Waals surface area contributed by atoms with Gasteiger partial charge in [0.05, 0.1) is 19.1 Å². The zero-order chi connectivity index (χ0) is 11.9. The Bertz CT molecular complexity index is 237. The monoisotopic (exact) mass is 276 g/mol. The van der Waals surface area contributed by atoms with Gasteiger partial charge in [-0.1, -0.05) is 19.3 Å². The van der Waals surface area contributed by atoms with E-state index in [4.69, 9.17) is 4.74 Å². The minimum Gasteiger partial charge on any atom is -0.375 e. The molecule has 1 unspecified atom stereocenters. The van der Waals surface area contributed by atoms with Crippen LogP contribution >= 0.6 is 12.4 Å². The molecule has 1 atom stereocenters. The van der Waals surface area contributed by atoms with E-state index in [2.05, 4.69) is 5.32 Å². The number of hydrogen-bond acceptors (Lipinski definition) is 3. The number of morpholine rings is 1. The Morgan fingerprint density at radius 1 is 1.17 bits per heavy atom. The smallest absolute Gasteiger partial charge is 0.225 e. The number of carbonyl (C=O) groups excluding carboxylic acids is 1. The molecule has 0 radical (unpaired) electrons. The number of rotatable bonds is 2. The van der Waals surface area contributed by atoms with Crippen LogP contribution in [-0.2, 0) is 9.53 Å². The Morgan fingerprint density at radius 2 is 1.83 bits per heavy atom. The summed E-state index contributed by atoms with van der Waals surface area (Å²) in [5.41, 5.74) is 0. The normalized spacial score (nSPS) is 25.8. The molecule has 0 aromatic rings. The number of nitrogens with zero attached hydrogens (tertiary/aromatic N) is 1. The molecule has 2 fully saturated rings. The van der Waals surface area contributed by atoms with Gasteiger partial charge in [-0.05, 0) is 12.8 Å². The molecule has 0 aromatic heterocycles. The van der Waals surface area contributed by atoms with Gasteiger partial charge >= 0.3 is 0 Å². The molecule has 106 valence electrons. The highest BCUT2D eigenvalue weighted by molar-refractivity contribution is 5.85. The standard InChI is InChI=1S/C13H24N2O2.ClH/c16-13(10-12-11-14-6-9-17-12)15-7-4-2-1-3-5-8-15;/h12,14H,1-11H2;1H. The number of hydrogen-bond donors (Lipinski definition) is 1. The van der Waals surface area contributed by atoms with Gasteiger partial charge in [0.2, 0.25) is 5.91 Å². The van der Waals surface area contributed by atoms with Gasteiger partial charge in [-0.2, -0.15) is 0 Å². The molecule has 4 nitrogen and oxygen atoms in total. The van der Waals surface area contributed by atoms with Crippen LogP contribution in [-0.4, -0.2) is 49.7 Å². The number of ether oxygens (including phenoxy) is 1. The summed E-state index contributed by atoms with van der Waals surface area (Å²) in [7, 11) is 0. The largest absolute Gasteiger partial charge is 0.375 e. The maximum atomic E-state index is 12.1. The Hall–Kier alpha value is -0.320. The van der Waals surface area contributed by atoms with Gasteiger partial charge in [0.15, 0.2) is 0 Å². The lowest BCUT2D eigenvalue weighted by molar-refractivity contribution is -0.135. The molecule has 2 aliphatic rings. The molecule has 2 heterocycles. The van der Waals surface area contributed by atoms with E-state index in [0.717, 1.165) is 45.6 Å². The fourth-order valence-electron chi connectivity index (χ4n) is 2.57. The van der Waals surface area contributed by atoms with Crippen LogP contribution in [0.4, 0.5) is 0 Å². The van der Waals surface area contributed by atoms with Crippen LogP contribution in [0.3, 0.4) is 0 Å². The molecular formula is C13H25ClN2O2. The average Bonchev–Trinajstić information content (AvgIpc) is 2.29. The van der Waals surface area contributed by atoms with Gasteiger partial charge in [-0.25, -0.2) is 0 Å². The Morgan fingerprint density at radius 3 is 2.44 bits per heavy atom. The second kappa shape index (κ2) is 8.73. The third-order valence-electron chi connectivity index (χ3n) is 3.62. The third kappa shape index (κ3) is 5.12. The van der Waals surface area contributed by atoms with Crippen molar-refractivity contribution >= 4 is 18.3 Å². The zero-order valence-corrected chi connectivity index (χ0v) is 11.8. The van der Waals surface area contributed by atoms with Crippen LogP contribution in [0.1, 0.15) is 38.5 Å². The van der Waals surface area contributed by atoms with Crippen molar-refractivity contribution in [3.8, 4) is 0 Å². The fraction of sp³-hybridized carbons (Fsp3) is 0.923. The highest BCUT2D eigenvalue weighted by Gasteiger charge is 2.21. The van der Waals surface area contributed by atoms with Crippen molar-refractivity contribution in [2.45, 2.75) is 44.6 Å². The van der Waals surface area contributed by atoms with Crippen molar-refractivity contribution in [1.29, 1.82) is 0 Å². The van der Waals surface area contributed by atoms with E-state index in [1.54, 1.807) is 0 Å². The molecule has 18 heavy (non-hydrogen) atoms. The lowest BCUT2D eigenvalue weighted by Gasteiger charge is -2.28. The van der Waals surface area contributed by atoms with Crippen LogP contribution in [0.2, 0.25) is 0 Å². The van der Waals surface area contributed by atoms with E-state index in [1.807, 2.05) is 4.90 Å². The average molecular weight is 277 g/mol. The zero-order valence-electron chi connectivity index (χ0n) is 11.0. The van der Waals surface area contributed by atoms with E-state index >= 15 is 0 Å². The molecule has 1 N–H and O–H groups in total. The molecule has 2 aliphatic heterocycles. The van der Waals surface area contributed by atoms with Gasteiger partial charge in [0.25, 0.3) is 0 Å². The maximum absolute atomic E-state index is 12.1. The maximum Gasteiger partial charge on any atom is 0.225 e. The molecule has 2 rings (SSSR count). The first kappa shape index (κ1) is 15.7. The van der Waals surface area contributed by atoms with Crippen LogP contribution in [0.25, 0.3) is 0 Å². The van der Waals surface area contributed by atoms with Crippen LogP contribution in [0.5, 0.6) is 0 Å². The quantitative estimate of drug-likeness (QED) is 0.833. The van der Waals surface area contributed by atoms with Crippen molar-refractivity contribution in [2.75, 3.05) is 32.8 Å². The van der Waals surface area contributed by atoms with Crippen molar-refractivity contribution in [3.05, 3.63) is 0 Å². The number of carbonyl (C=O) groups is 1. The van der Waals surface area contributed by atoms with Crippen LogP contribution in [0, 0.1) is 0 Å². The highest BCUT2D eigenvalue weighted by atomic mass is 35.5. The summed E-state index contributed by atoms with van der Waals surface area (Å²) in [5, 5.41) is 3.27. The highest BCUT2D eigenvalue weighted by Crippen LogP contribution is 2.13. The Balaban J connectivity index is 0.00000162. The molecule has 0 spiro atoms. The molecule has 0 saturated carbocycles. The third-order valence-corrected chi connectivity index (χ3v) is 3.62. The number of nitrogens with one attached hydrogen (secondary N) is 1. The van der Waals surface area contributed by atoms with Crippen LogP contribution < -0.4 is 5.32 Å². The number of amides is 1. The van der Waals surface area contributed by atoms with Crippen molar-refractivity contribution in [2.24, 2.45) is 0 Å². The number of halogens is 1. The molecule has 2 saturated heterocycles. The van der Waals surface area contributed by atoms with E-state index in [-0.39, 0.29) is 24.4 Å². The minimum atomic E-state index is 0. The summed E-state index contributed by atoms with van der Waals surface area (Å²) >= 11 is 0. The molecule has 0 aromatic carbocycles. The van der Waals surface area contributed by atoms with E-state index < -0.39 is 0 Å². The van der Waals surface area contributed by atoms with Crippen molar-refractivity contribution in [1.82, 2.24) is 10.2 Å². The molecule has 1 amide bonds. The topological polar surface area (TPSA) is 41.6 Å². The second-order valence-electron chi connectivity index (χ2n) is 5.05. The van der Waals surface area contributed by atoms with E-state index in [9.17, 15) is 4.79 Å². The minimum absolute atomic E-state index is 0. The predicted molar refractivity (Wildman–Crippen MR) is 74.1 cm³/mol. The summed E-state index contributed by atoms with van der Waals surface area (Å²) in [5.74, 6) is 0.278. The van der Waals surface area contributed by atoms with Crippen LogP contribution in [0.15, 0.2) is 0 Å². The van der Waals surface area contributed by atoms with Crippen molar-refractivity contribution in [3.63, 3.8) is 0 Å². The second-order valence-corrected chi connectivity index (χ2v) is 5.05. The number of likely N-dealkylation sites (tertiary alicyclic amines) is 1. The lowest BCUT2D eigenvalue weighted by atomic mass is 10.1. The van der Waals surface area contributed by atoms with Gasteiger partial charge in [0.1, 0.15) is 0 Å². The summed E-state index contributed by atoms with van der Waals surface area (Å²) in [6, 6.07) is 0. The van der Waals surface area contributed by atoms with Gasteiger partial charge in [0, 0.05) is 26.2 Å². The Labute approximate surface area is 116 Å². The lowest BCUT2D eigenvalue weighted by Crippen LogP contribution is -2.43. The first-order chi connectivity index (χ1) is 8.36. The Kier molecular flexibility index (Phi) is 7.63. The molecule has 0 bridgehead atoms. The van der Waals surface area contributed by atoms with Gasteiger partial charge in [-0.3, -0.25) is 4.79 Å². The van der Waals surface area contributed by atoms with Gasteiger partial charge < -0.3 is 15.0 Å². The summed E-state index contributed by atoms with van der Waals surface area (Å²) in [4.78, 5) is 14.2. The summed E-state index contributed by atoms with van der Waals surface area (Å²) in [6.07, 6.45) is 6.83.